The molecule has 21 heavy (non-hydrogen) atoms. The number of sulfonamides is 1. The monoisotopic (exact) mass is 315 g/mol. The van der Waals surface area contributed by atoms with Crippen molar-refractivity contribution < 1.29 is 23.1 Å². The van der Waals surface area contributed by atoms with Crippen LogP contribution in [0.3, 0.4) is 0 Å². The van der Waals surface area contributed by atoms with Crippen LogP contribution < -0.4 is 15.8 Å². The molecule has 1 aromatic carbocycles. The summed E-state index contributed by atoms with van der Waals surface area (Å²) in [6, 6.07) is 5.23. The first-order chi connectivity index (χ1) is 9.69. The van der Waals surface area contributed by atoms with E-state index in [0.29, 0.717) is 11.3 Å². The van der Waals surface area contributed by atoms with Crippen molar-refractivity contribution in [3.63, 3.8) is 0 Å². The standard InChI is InChI=1S/C12H17N3O5S/c1-8(15-21(19,20)7-6-11(16)17)9-2-4-10(5-3-9)14-12(13)18/h2-5,8,15H,6-7H2,1H3,(H,16,17)(H3,13,14,18). The molecule has 0 aromatic heterocycles. The zero-order valence-electron chi connectivity index (χ0n) is 11.4. The number of carbonyl (C=O) groups excluding carboxylic acids is 1. The summed E-state index contributed by atoms with van der Waals surface area (Å²) in [6.45, 7) is 1.63. The average molecular weight is 315 g/mol. The highest BCUT2D eigenvalue weighted by atomic mass is 32.2. The van der Waals surface area contributed by atoms with Gasteiger partial charge in [0.25, 0.3) is 0 Å². The molecule has 2 amide bonds. The topological polar surface area (TPSA) is 139 Å². The van der Waals surface area contributed by atoms with Gasteiger partial charge in [0, 0.05) is 11.7 Å². The van der Waals surface area contributed by atoms with E-state index in [0.717, 1.165) is 0 Å². The van der Waals surface area contributed by atoms with Crippen LogP contribution in [0.25, 0.3) is 0 Å². The molecule has 0 radical (unpaired) electrons. The quantitative estimate of drug-likeness (QED) is 0.584. The molecule has 0 saturated heterocycles. The summed E-state index contributed by atoms with van der Waals surface area (Å²) in [4.78, 5) is 21.1. The van der Waals surface area contributed by atoms with Gasteiger partial charge in [-0.2, -0.15) is 0 Å². The van der Waals surface area contributed by atoms with Crippen molar-refractivity contribution in [3.05, 3.63) is 29.8 Å². The van der Waals surface area contributed by atoms with E-state index < -0.39 is 40.2 Å². The number of nitrogens with two attached hydrogens (primary N) is 1. The number of carboxylic acids is 1. The highest BCUT2D eigenvalue weighted by molar-refractivity contribution is 7.89. The van der Waals surface area contributed by atoms with Crippen LogP contribution in [0.4, 0.5) is 10.5 Å². The third kappa shape index (κ3) is 6.23. The van der Waals surface area contributed by atoms with Crippen molar-refractivity contribution in [2.24, 2.45) is 5.73 Å². The van der Waals surface area contributed by atoms with Crippen LogP contribution in [0, 0.1) is 0 Å². The first-order valence-corrected chi connectivity index (χ1v) is 7.73. The molecule has 9 heteroatoms. The Morgan fingerprint density at radius 3 is 2.33 bits per heavy atom. The van der Waals surface area contributed by atoms with Crippen LogP contribution >= 0.6 is 0 Å². The van der Waals surface area contributed by atoms with E-state index in [-0.39, 0.29) is 0 Å². The predicted molar refractivity (Wildman–Crippen MR) is 77.2 cm³/mol. The van der Waals surface area contributed by atoms with Crippen molar-refractivity contribution in [1.29, 1.82) is 0 Å². The number of rotatable bonds is 7. The molecular formula is C12H17N3O5S. The molecule has 1 aromatic rings. The van der Waals surface area contributed by atoms with Crippen LogP contribution in [-0.4, -0.2) is 31.3 Å². The zero-order chi connectivity index (χ0) is 16.0. The van der Waals surface area contributed by atoms with Gasteiger partial charge in [-0.05, 0) is 24.6 Å². The Labute approximate surface area is 122 Å². The van der Waals surface area contributed by atoms with Gasteiger partial charge in [0.15, 0.2) is 0 Å². The van der Waals surface area contributed by atoms with Crippen LogP contribution in [0.2, 0.25) is 0 Å². The lowest BCUT2D eigenvalue weighted by Gasteiger charge is -2.14. The highest BCUT2D eigenvalue weighted by Crippen LogP contribution is 2.17. The van der Waals surface area contributed by atoms with Gasteiger partial charge in [-0.1, -0.05) is 12.1 Å². The van der Waals surface area contributed by atoms with E-state index in [9.17, 15) is 18.0 Å². The number of primary amides is 1. The fourth-order valence-electron chi connectivity index (χ4n) is 1.62. The van der Waals surface area contributed by atoms with E-state index in [1.807, 2.05) is 0 Å². The molecule has 1 rings (SSSR count). The molecule has 0 saturated carbocycles. The van der Waals surface area contributed by atoms with Crippen molar-refractivity contribution >= 4 is 27.7 Å². The number of nitrogens with one attached hydrogen (secondary N) is 2. The van der Waals surface area contributed by atoms with Crippen LogP contribution in [-0.2, 0) is 14.8 Å². The summed E-state index contributed by atoms with van der Waals surface area (Å²) in [5.74, 6) is -1.65. The van der Waals surface area contributed by atoms with Gasteiger partial charge in [-0.3, -0.25) is 4.79 Å². The average Bonchev–Trinajstić information content (AvgIpc) is 2.36. The molecule has 1 unspecified atom stereocenters. The van der Waals surface area contributed by atoms with Gasteiger partial charge in [0.05, 0.1) is 12.2 Å². The lowest BCUT2D eigenvalue weighted by molar-refractivity contribution is -0.136. The zero-order valence-corrected chi connectivity index (χ0v) is 12.2. The van der Waals surface area contributed by atoms with Gasteiger partial charge < -0.3 is 16.2 Å². The second-order valence-electron chi connectivity index (χ2n) is 4.41. The number of hydrogen-bond donors (Lipinski definition) is 4. The normalized spacial score (nSPS) is 12.6. The molecule has 0 aliphatic rings. The maximum atomic E-state index is 11.7. The fourth-order valence-corrected chi connectivity index (χ4v) is 2.85. The maximum Gasteiger partial charge on any atom is 0.316 e. The molecule has 5 N–H and O–H groups in total. The minimum absolute atomic E-state index is 0.455. The predicted octanol–water partition coefficient (Wildman–Crippen LogP) is 0.632. The first-order valence-electron chi connectivity index (χ1n) is 6.08. The van der Waals surface area contributed by atoms with Crippen molar-refractivity contribution in [2.45, 2.75) is 19.4 Å². The number of amides is 2. The Balaban J connectivity index is 2.68. The fraction of sp³-hybridized carbons (Fsp3) is 0.333. The second-order valence-corrected chi connectivity index (χ2v) is 6.29. The summed E-state index contributed by atoms with van der Waals surface area (Å²) in [5.41, 5.74) is 6.14. The van der Waals surface area contributed by atoms with Gasteiger partial charge >= 0.3 is 12.0 Å². The largest absolute Gasteiger partial charge is 0.481 e. The maximum absolute atomic E-state index is 11.7. The minimum Gasteiger partial charge on any atom is -0.481 e. The molecule has 8 nitrogen and oxygen atoms in total. The molecule has 0 spiro atoms. The van der Waals surface area contributed by atoms with E-state index in [2.05, 4.69) is 10.0 Å². The number of carboxylic acid groups (broad SMARTS) is 1. The highest BCUT2D eigenvalue weighted by Gasteiger charge is 2.17. The van der Waals surface area contributed by atoms with Gasteiger partial charge in [-0.25, -0.2) is 17.9 Å². The molecule has 0 bridgehead atoms. The number of urea groups is 1. The smallest absolute Gasteiger partial charge is 0.316 e. The molecule has 0 heterocycles. The van der Waals surface area contributed by atoms with Gasteiger partial charge in [0.2, 0.25) is 10.0 Å². The van der Waals surface area contributed by atoms with E-state index in [1.165, 1.54) is 0 Å². The summed E-state index contributed by atoms with van der Waals surface area (Å²) in [7, 11) is -3.67. The summed E-state index contributed by atoms with van der Waals surface area (Å²) >= 11 is 0. The summed E-state index contributed by atoms with van der Waals surface area (Å²) in [6.07, 6.45) is -0.455. The van der Waals surface area contributed by atoms with Crippen LogP contribution in [0.1, 0.15) is 24.9 Å². The number of anilines is 1. The van der Waals surface area contributed by atoms with Gasteiger partial charge in [0.1, 0.15) is 0 Å². The van der Waals surface area contributed by atoms with Crippen LogP contribution in [0.5, 0.6) is 0 Å². The second kappa shape index (κ2) is 7.04. The lowest BCUT2D eigenvalue weighted by Crippen LogP contribution is -2.30. The first kappa shape index (κ1) is 16.9. The Kier molecular flexibility index (Phi) is 5.68. The molecule has 0 aliphatic heterocycles. The summed E-state index contributed by atoms with van der Waals surface area (Å²) in [5, 5.41) is 10.9. The lowest BCUT2D eigenvalue weighted by atomic mass is 10.1. The Hall–Kier alpha value is -2.13. The van der Waals surface area contributed by atoms with Crippen LogP contribution in [0.15, 0.2) is 24.3 Å². The van der Waals surface area contributed by atoms with E-state index in [4.69, 9.17) is 10.8 Å². The molecule has 0 aliphatic carbocycles. The minimum atomic E-state index is -3.67. The molecule has 1 atom stereocenters. The Bertz CT molecular complexity index is 612. The Morgan fingerprint density at radius 1 is 1.29 bits per heavy atom. The van der Waals surface area contributed by atoms with Crippen molar-refractivity contribution in [1.82, 2.24) is 4.72 Å². The third-order valence-corrected chi connectivity index (χ3v) is 4.07. The SMILES string of the molecule is CC(NS(=O)(=O)CCC(=O)O)c1ccc(NC(N)=O)cc1. The van der Waals surface area contributed by atoms with Crippen molar-refractivity contribution in [2.75, 3.05) is 11.1 Å². The van der Waals surface area contributed by atoms with Gasteiger partial charge in [-0.15, -0.1) is 0 Å². The molecular weight excluding hydrogens is 298 g/mol. The number of aliphatic carboxylic acids is 1. The molecule has 116 valence electrons. The van der Waals surface area contributed by atoms with E-state index in [1.54, 1.807) is 31.2 Å². The third-order valence-electron chi connectivity index (χ3n) is 2.62. The number of benzene rings is 1. The molecule has 0 fully saturated rings. The summed E-state index contributed by atoms with van der Waals surface area (Å²) < 4.78 is 25.8. The van der Waals surface area contributed by atoms with Crippen molar-refractivity contribution in [3.8, 4) is 0 Å². The van der Waals surface area contributed by atoms with E-state index >= 15 is 0 Å². The Morgan fingerprint density at radius 2 is 1.86 bits per heavy atom. The number of carbonyl (C=O) groups is 2. The number of hydrogen-bond acceptors (Lipinski definition) is 4.